The van der Waals surface area contributed by atoms with Crippen LogP contribution in [0, 0.1) is 0 Å². The molecule has 3 nitrogen and oxygen atoms in total. The van der Waals surface area contributed by atoms with Gasteiger partial charge in [-0.2, -0.15) is 13.2 Å². The smallest absolute Gasteiger partial charge is 0.416 e. The van der Waals surface area contributed by atoms with Crippen molar-refractivity contribution in [2.75, 3.05) is 14.2 Å². The van der Waals surface area contributed by atoms with Crippen molar-refractivity contribution >= 4 is 23.1 Å². The molecule has 0 saturated heterocycles. The summed E-state index contributed by atoms with van der Waals surface area (Å²) in [6.45, 7) is 0. The maximum atomic E-state index is 12.8. The SMILES string of the molecule is COc1ccc(-c2nc(CSc3cccc(C(F)(F)F)c3)cs2)cc1OC. The molecule has 0 aliphatic carbocycles. The van der Waals surface area contributed by atoms with Gasteiger partial charge in [0.2, 0.25) is 0 Å². The highest BCUT2D eigenvalue weighted by molar-refractivity contribution is 7.98. The number of hydrogen-bond donors (Lipinski definition) is 0. The topological polar surface area (TPSA) is 31.4 Å². The highest BCUT2D eigenvalue weighted by Gasteiger charge is 2.30. The molecule has 0 N–H and O–H groups in total. The average Bonchev–Trinajstić information content (AvgIpc) is 3.14. The van der Waals surface area contributed by atoms with Gasteiger partial charge in [-0.3, -0.25) is 0 Å². The summed E-state index contributed by atoms with van der Waals surface area (Å²) in [6.07, 6.45) is -4.34. The lowest BCUT2D eigenvalue weighted by Gasteiger charge is -2.08. The molecular formula is C19H16F3NO2S2. The monoisotopic (exact) mass is 411 g/mol. The van der Waals surface area contributed by atoms with E-state index in [2.05, 4.69) is 4.98 Å². The number of methoxy groups -OCH3 is 2. The molecule has 2 aromatic carbocycles. The van der Waals surface area contributed by atoms with Crippen molar-refractivity contribution in [3.63, 3.8) is 0 Å². The Morgan fingerprint density at radius 1 is 1.04 bits per heavy atom. The summed E-state index contributed by atoms with van der Waals surface area (Å²) in [7, 11) is 3.14. The van der Waals surface area contributed by atoms with E-state index < -0.39 is 11.7 Å². The van der Waals surface area contributed by atoms with E-state index in [1.54, 1.807) is 20.3 Å². The Balaban J connectivity index is 1.72. The van der Waals surface area contributed by atoms with E-state index in [-0.39, 0.29) is 0 Å². The van der Waals surface area contributed by atoms with Gasteiger partial charge in [0.25, 0.3) is 0 Å². The molecule has 27 heavy (non-hydrogen) atoms. The van der Waals surface area contributed by atoms with Gasteiger partial charge >= 0.3 is 6.18 Å². The number of alkyl halides is 3. The van der Waals surface area contributed by atoms with Gasteiger partial charge in [0.05, 0.1) is 25.5 Å². The van der Waals surface area contributed by atoms with Gasteiger partial charge in [-0.25, -0.2) is 4.98 Å². The second-order valence-corrected chi connectivity index (χ2v) is 7.43. The number of thiazole rings is 1. The van der Waals surface area contributed by atoms with Crippen LogP contribution in [0.4, 0.5) is 13.2 Å². The van der Waals surface area contributed by atoms with E-state index in [1.807, 2.05) is 23.6 Å². The van der Waals surface area contributed by atoms with Gasteiger partial charge in [-0.1, -0.05) is 6.07 Å². The number of benzene rings is 2. The zero-order chi connectivity index (χ0) is 19.4. The summed E-state index contributed by atoms with van der Waals surface area (Å²) < 4.78 is 48.9. The molecule has 8 heteroatoms. The number of rotatable bonds is 6. The third-order valence-electron chi connectivity index (χ3n) is 3.73. The maximum Gasteiger partial charge on any atom is 0.416 e. The highest BCUT2D eigenvalue weighted by Crippen LogP contribution is 2.35. The van der Waals surface area contributed by atoms with Crippen LogP contribution >= 0.6 is 23.1 Å². The van der Waals surface area contributed by atoms with Crippen LogP contribution in [-0.4, -0.2) is 19.2 Å². The molecule has 0 amide bonds. The Hall–Kier alpha value is -2.19. The van der Waals surface area contributed by atoms with E-state index in [1.165, 1.54) is 29.2 Å². The van der Waals surface area contributed by atoms with Crippen LogP contribution in [0.5, 0.6) is 11.5 Å². The molecule has 3 aromatic rings. The summed E-state index contributed by atoms with van der Waals surface area (Å²) in [5.41, 5.74) is 1.07. The molecule has 0 atom stereocenters. The van der Waals surface area contributed by atoms with E-state index in [0.29, 0.717) is 22.1 Å². The van der Waals surface area contributed by atoms with Crippen molar-refractivity contribution in [1.29, 1.82) is 0 Å². The van der Waals surface area contributed by atoms with Crippen LogP contribution in [0.25, 0.3) is 10.6 Å². The van der Waals surface area contributed by atoms with Crippen molar-refractivity contribution in [3.05, 3.63) is 59.1 Å². The van der Waals surface area contributed by atoms with Gasteiger partial charge in [-0.15, -0.1) is 23.1 Å². The van der Waals surface area contributed by atoms with E-state index in [9.17, 15) is 13.2 Å². The molecule has 0 fully saturated rings. The van der Waals surface area contributed by atoms with Gasteiger partial charge < -0.3 is 9.47 Å². The van der Waals surface area contributed by atoms with E-state index in [0.717, 1.165) is 28.4 Å². The van der Waals surface area contributed by atoms with Gasteiger partial charge in [0, 0.05) is 21.6 Å². The van der Waals surface area contributed by atoms with Crippen LogP contribution < -0.4 is 9.47 Å². The normalized spacial score (nSPS) is 11.4. The fourth-order valence-electron chi connectivity index (χ4n) is 2.39. The minimum Gasteiger partial charge on any atom is -0.493 e. The fraction of sp³-hybridized carbons (Fsp3) is 0.211. The minimum atomic E-state index is -4.34. The first-order valence-electron chi connectivity index (χ1n) is 7.87. The van der Waals surface area contributed by atoms with Crippen molar-refractivity contribution in [1.82, 2.24) is 4.98 Å². The van der Waals surface area contributed by atoms with Crippen LogP contribution in [0.15, 0.2) is 52.7 Å². The quantitative estimate of drug-likeness (QED) is 0.456. The number of aromatic nitrogens is 1. The van der Waals surface area contributed by atoms with Crippen LogP contribution in [0.2, 0.25) is 0 Å². The minimum absolute atomic E-state index is 0.491. The first-order valence-corrected chi connectivity index (χ1v) is 9.74. The van der Waals surface area contributed by atoms with E-state index in [4.69, 9.17) is 9.47 Å². The van der Waals surface area contributed by atoms with Crippen molar-refractivity contribution in [3.8, 4) is 22.1 Å². The van der Waals surface area contributed by atoms with Crippen LogP contribution in [0.1, 0.15) is 11.3 Å². The molecule has 142 valence electrons. The molecule has 0 aliphatic rings. The van der Waals surface area contributed by atoms with Gasteiger partial charge in [0.15, 0.2) is 11.5 Å². The number of hydrogen-bond acceptors (Lipinski definition) is 5. The third-order valence-corrected chi connectivity index (χ3v) is 5.70. The number of halogens is 3. The van der Waals surface area contributed by atoms with Crippen molar-refractivity contribution in [2.24, 2.45) is 0 Å². The highest BCUT2D eigenvalue weighted by atomic mass is 32.2. The lowest BCUT2D eigenvalue weighted by Crippen LogP contribution is -2.04. The maximum absolute atomic E-state index is 12.8. The summed E-state index contributed by atoms with van der Waals surface area (Å²) in [5, 5.41) is 2.72. The molecule has 0 bridgehead atoms. The lowest BCUT2D eigenvalue weighted by atomic mass is 10.2. The van der Waals surface area contributed by atoms with Gasteiger partial charge in [0.1, 0.15) is 5.01 Å². The van der Waals surface area contributed by atoms with Gasteiger partial charge in [-0.05, 0) is 36.4 Å². The second kappa shape index (κ2) is 8.22. The predicted molar refractivity (Wildman–Crippen MR) is 102 cm³/mol. The summed E-state index contributed by atoms with van der Waals surface area (Å²) in [6, 6.07) is 10.9. The molecule has 0 aliphatic heterocycles. The summed E-state index contributed by atoms with van der Waals surface area (Å²) >= 11 is 2.80. The largest absolute Gasteiger partial charge is 0.493 e. The van der Waals surface area contributed by atoms with E-state index >= 15 is 0 Å². The molecule has 3 rings (SSSR count). The predicted octanol–water partition coefficient (Wildman–Crippen LogP) is 6.14. The molecule has 1 aromatic heterocycles. The Kier molecular flexibility index (Phi) is 5.96. The average molecular weight is 411 g/mol. The first-order chi connectivity index (χ1) is 12.9. The molecule has 0 unspecified atom stereocenters. The van der Waals surface area contributed by atoms with Crippen LogP contribution in [0.3, 0.4) is 0 Å². The Morgan fingerprint density at radius 2 is 1.81 bits per heavy atom. The first kappa shape index (κ1) is 19.6. The number of thioether (sulfide) groups is 1. The summed E-state index contributed by atoms with van der Waals surface area (Å²) in [4.78, 5) is 5.14. The molecule has 0 spiro atoms. The van der Waals surface area contributed by atoms with Crippen molar-refractivity contribution < 1.29 is 22.6 Å². The zero-order valence-electron chi connectivity index (χ0n) is 14.5. The molecular weight excluding hydrogens is 395 g/mol. The Morgan fingerprint density at radius 3 is 2.52 bits per heavy atom. The molecule has 1 heterocycles. The fourth-order valence-corrected chi connectivity index (χ4v) is 4.16. The number of nitrogens with zero attached hydrogens (tertiary/aromatic N) is 1. The third kappa shape index (κ3) is 4.75. The Labute approximate surface area is 163 Å². The molecule has 0 saturated carbocycles. The zero-order valence-corrected chi connectivity index (χ0v) is 16.2. The van der Waals surface area contributed by atoms with Crippen molar-refractivity contribution in [2.45, 2.75) is 16.8 Å². The lowest BCUT2D eigenvalue weighted by molar-refractivity contribution is -0.137. The summed E-state index contributed by atoms with van der Waals surface area (Å²) in [5.74, 6) is 1.74. The Bertz CT molecular complexity index is 925. The van der Waals surface area contributed by atoms with Crippen LogP contribution in [-0.2, 0) is 11.9 Å². The standard InChI is InChI=1S/C19H16F3NO2S2/c1-24-16-7-6-12(8-17(16)25-2)18-23-14(11-27-18)10-26-15-5-3-4-13(9-15)19(20,21)22/h3-9,11H,10H2,1-2H3. The number of ether oxygens (including phenoxy) is 2. The molecule has 0 radical (unpaired) electrons. The second-order valence-electron chi connectivity index (χ2n) is 5.53.